The first-order valence-corrected chi connectivity index (χ1v) is 11.2. The number of carbonyl (C=O) groups is 1. The van der Waals surface area contributed by atoms with Crippen LogP contribution in [0.2, 0.25) is 0 Å². The van der Waals surface area contributed by atoms with Gasteiger partial charge in [-0.1, -0.05) is 11.8 Å². The summed E-state index contributed by atoms with van der Waals surface area (Å²) in [6, 6.07) is 4.17. The number of amides is 1. The third kappa shape index (κ3) is 4.29. The van der Waals surface area contributed by atoms with Crippen LogP contribution in [0.4, 0.5) is 5.82 Å². The number of fused-ring (bicyclic) bond motifs is 1. The highest BCUT2D eigenvalue weighted by Gasteiger charge is 2.24. The number of hydrogen-bond acceptors (Lipinski definition) is 7. The Morgan fingerprint density at radius 1 is 1.35 bits per heavy atom. The highest BCUT2D eigenvalue weighted by atomic mass is 32.2. The fraction of sp³-hybridized carbons (Fsp3) is 0.476. The molecule has 162 valence electrons. The molecule has 9 nitrogen and oxygen atoms in total. The van der Waals surface area contributed by atoms with Crippen LogP contribution in [-0.2, 0) is 16.1 Å². The number of hydrogen-bond donors (Lipinski definition) is 1. The average Bonchev–Trinajstić information content (AvgIpc) is 3.43. The Morgan fingerprint density at radius 3 is 2.87 bits per heavy atom. The van der Waals surface area contributed by atoms with Crippen LogP contribution < -0.4 is 5.32 Å². The number of ether oxygens (including phenoxy) is 1. The zero-order valence-corrected chi connectivity index (χ0v) is 18.9. The van der Waals surface area contributed by atoms with Crippen LogP contribution >= 0.6 is 11.8 Å². The van der Waals surface area contributed by atoms with Gasteiger partial charge in [-0.05, 0) is 52.2 Å². The Balaban J connectivity index is 1.50. The molecule has 1 aliphatic rings. The second-order valence-corrected chi connectivity index (χ2v) is 8.72. The first kappa shape index (κ1) is 21.3. The number of carbonyl (C=O) groups excluding carboxylic acids is 1. The van der Waals surface area contributed by atoms with Crippen molar-refractivity contribution in [3.63, 3.8) is 0 Å². The van der Waals surface area contributed by atoms with Gasteiger partial charge >= 0.3 is 0 Å². The summed E-state index contributed by atoms with van der Waals surface area (Å²) in [6.45, 7) is 9.09. The van der Waals surface area contributed by atoms with Crippen molar-refractivity contribution in [3.05, 3.63) is 34.3 Å². The van der Waals surface area contributed by atoms with E-state index in [2.05, 4.69) is 26.5 Å². The van der Waals surface area contributed by atoms with Gasteiger partial charge < -0.3 is 14.6 Å². The van der Waals surface area contributed by atoms with Gasteiger partial charge in [-0.2, -0.15) is 10.2 Å². The molecule has 1 aliphatic heterocycles. The van der Waals surface area contributed by atoms with Crippen molar-refractivity contribution in [2.75, 3.05) is 17.7 Å². The van der Waals surface area contributed by atoms with E-state index in [0.29, 0.717) is 28.9 Å². The third-order valence-electron chi connectivity index (χ3n) is 5.54. The monoisotopic (exact) mass is 439 g/mol. The molecule has 4 rings (SSSR count). The highest BCUT2D eigenvalue weighted by molar-refractivity contribution is 7.99. The van der Waals surface area contributed by atoms with Crippen LogP contribution in [0.25, 0.3) is 5.78 Å². The van der Waals surface area contributed by atoms with Crippen molar-refractivity contribution in [2.24, 2.45) is 0 Å². The minimum absolute atomic E-state index is 0.100. The van der Waals surface area contributed by atoms with Gasteiger partial charge in [0.1, 0.15) is 11.9 Å². The minimum atomic E-state index is -0.215. The van der Waals surface area contributed by atoms with E-state index in [0.717, 1.165) is 42.1 Å². The molecule has 1 amide bonds. The largest absolute Gasteiger partial charge is 0.376 e. The summed E-state index contributed by atoms with van der Waals surface area (Å²) < 4.78 is 9.42. The molecule has 0 radical (unpaired) electrons. The molecule has 3 aromatic rings. The van der Waals surface area contributed by atoms with Crippen molar-refractivity contribution in [3.8, 4) is 6.07 Å². The zero-order chi connectivity index (χ0) is 22.1. The van der Waals surface area contributed by atoms with E-state index in [9.17, 15) is 10.1 Å². The van der Waals surface area contributed by atoms with Crippen molar-refractivity contribution in [1.82, 2.24) is 24.1 Å². The summed E-state index contributed by atoms with van der Waals surface area (Å²) in [5, 5.41) is 17.5. The van der Waals surface area contributed by atoms with Gasteiger partial charge in [0.15, 0.2) is 0 Å². The molecule has 1 unspecified atom stereocenters. The van der Waals surface area contributed by atoms with Crippen molar-refractivity contribution in [1.29, 1.82) is 5.26 Å². The van der Waals surface area contributed by atoms with Crippen LogP contribution in [0.3, 0.4) is 0 Å². The maximum absolute atomic E-state index is 12.7. The first-order valence-electron chi connectivity index (χ1n) is 10.2. The lowest BCUT2D eigenvalue weighted by Crippen LogP contribution is -2.22. The van der Waals surface area contributed by atoms with Gasteiger partial charge in [0.25, 0.3) is 5.78 Å². The van der Waals surface area contributed by atoms with Crippen LogP contribution in [-0.4, -0.2) is 48.5 Å². The lowest BCUT2D eigenvalue weighted by molar-refractivity contribution is -0.113. The third-order valence-corrected chi connectivity index (χ3v) is 6.38. The summed E-state index contributed by atoms with van der Waals surface area (Å²) in [7, 11) is 0. The Hall–Kier alpha value is -2.90. The fourth-order valence-corrected chi connectivity index (χ4v) is 4.48. The van der Waals surface area contributed by atoms with Crippen LogP contribution in [0.1, 0.15) is 41.1 Å². The van der Waals surface area contributed by atoms with E-state index >= 15 is 0 Å². The molecule has 1 fully saturated rings. The normalized spacial score (nSPS) is 16.0. The standard InChI is InChI=1S/C21H25N7O2S/c1-12-8-13(2)28-20(23-12)25-21(26-28)31-11-18(29)24-19-17(9-22)14(3)15(4)27(19)10-16-6-5-7-30-16/h8,16H,5-7,10-11H2,1-4H3,(H,24,29). The fourth-order valence-electron chi connectivity index (χ4n) is 3.86. The minimum Gasteiger partial charge on any atom is -0.376 e. The Bertz CT molecular complexity index is 1180. The van der Waals surface area contributed by atoms with Crippen LogP contribution in [0.15, 0.2) is 11.2 Å². The Labute approximate surface area is 184 Å². The van der Waals surface area contributed by atoms with Crippen molar-refractivity contribution < 1.29 is 9.53 Å². The predicted molar refractivity (Wildman–Crippen MR) is 117 cm³/mol. The summed E-state index contributed by atoms with van der Waals surface area (Å²) in [4.78, 5) is 21.5. The maximum atomic E-state index is 12.7. The second kappa shape index (κ2) is 8.69. The van der Waals surface area contributed by atoms with E-state index in [-0.39, 0.29) is 17.8 Å². The number of aryl methyl sites for hydroxylation is 2. The molecule has 3 aromatic heterocycles. The lowest BCUT2D eigenvalue weighted by Gasteiger charge is -2.16. The first-order chi connectivity index (χ1) is 14.9. The van der Waals surface area contributed by atoms with E-state index in [1.165, 1.54) is 11.8 Å². The molecule has 1 saturated heterocycles. The molecular weight excluding hydrogens is 414 g/mol. The summed E-state index contributed by atoms with van der Waals surface area (Å²) in [5.41, 5.74) is 4.14. The summed E-state index contributed by atoms with van der Waals surface area (Å²) in [5.74, 6) is 0.967. The Morgan fingerprint density at radius 2 is 2.16 bits per heavy atom. The van der Waals surface area contributed by atoms with Gasteiger partial charge in [0, 0.05) is 23.7 Å². The van der Waals surface area contributed by atoms with Crippen molar-refractivity contribution >= 4 is 29.3 Å². The summed E-state index contributed by atoms with van der Waals surface area (Å²) in [6.07, 6.45) is 2.12. The predicted octanol–water partition coefficient (Wildman–Crippen LogP) is 2.94. The van der Waals surface area contributed by atoms with Crippen LogP contribution in [0.5, 0.6) is 0 Å². The molecule has 0 aromatic carbocycles. The lowest BCUT2D eigenvalue weighted by atomic mass is 10.2. The molecular formula is C21H25N7O2S. The smallest absolute Gasteiger partial charge is 0.253 e. The van der Waals surface area contributed by atoms with E-state index in [1.807, 2.05) is 38.3 Å². The molecule has 0 bridgehead atoms. The molecule has 0 saturated carbocycles. The van der Waals surface area contributed by atoms with Gasteiger partial charge in [-0.25, -0.2) is 9.50 Å². The SMILES string of the molecule is Cc1cc(C)n2nc(SCC(=O)Nc3c(C#N)c(C)c(C)n3CC3CCCO3)nc2n1. The van der Waals surface area contributed by atoms with Gasteiger partial charge in [-0.15, -0.1) is 5.10 Å². The van der Waals surface area contributed by atoms with E-state index in [4.69, 9.17) is 4.74 Å². The number of anilines is 1. The number of rotatable bonds is 6. The quantitative estimate of drug-likeness (QED) is 0.588. The molecule has 4 heterocycles. The molecule has 0 aliphatic carbocycles. The van der Waals surface area contributed by atoms with Crippen molar-refractivity contribution in [2.45, 2.75) is 58.3 Å². The Kier molecular flexibility index (Phi) is 5.98. The van der Waals surface area contributed by atoms with Gasteiger partial charge in [0.2, 0.25) is 11.1 Å². The number of nitriles is 1. The maximum Gasteiger partial charge on any atom is 0.253 e. The average molecular weight is 440 g/mol. The molecule has 1 N–H and O–H groups in total. The zero-order valence-electron chi connectivity index (χ0n) is 18.1. The van der Waals surface area contributed by atoms with E-state index in [1.54, 1.807) is 4.52 Å². The second-order valence-electron chi connectivity index (χ2n) is 7.77. The number of nitrogens with one attached hydrogen (secondary N) is 1. The molecule has 1 atom stereocenters. The van der Waals surface area contributed by atoms with E-state index < -0.39 is 0 Å². The summed E-state index contributed by atoms with van der Waals surface area (Å²) >= 11 is 1.24. The van der Waals surface area contributed by atoms with Crippen LogP contribution in [0, 0.1) is 39.0 Å². The number of nitrogens with zero attached hydrogens (tertiary/aromatic N) is 6. The topological polar surface area (TPSA) is 110 Å². The number of thioether (sulfide) groups is 1. The highest BCUT2D eigenvalue weighted by Crippen LogP contribution is 2.28. The van der Waals surface area contributed by atoms with Gasteiger partial charge in [-0.3, -0.25) is 4.79 Å². The molecule has 10 heteroatoms. The molecule has 31 heavy (non-hydrogen) atoms. The number of aromatic nitrogens is 5. The molecule has 0 spiro atoms. The van der Waals surface area contributed by atoms with Gasteiger partial charge in [0.05, 0.1) is 24.0 Å².